The molecule has 0 amide bonds. The maximum atomic E-state index is 6.28. The lowest BCUT2D eigenvalue weighted by atomic mass is 10.1. The maximum absolute atomic E-state index is 6.28. The third kappa shape index (κ3) is 2.35. The molecule has 5 heteroatoms. The van der Waals surface area contributed by atoms with Crippen LogP contribution in [0, 0.1) is 0 Å². The topological polar surface area (TPSA) is 35.4 Å². The highest BCUT2D eigenvalue weighted by Crippen LogP contribution is 2.44. The molecule has 0 atom stereocenters. The Hall–Kier alpha value is -4.61. The van der Waals surface area contributed by atoms with Crippen molar-refractivity contribution >= 4 is 80.8 Å². The minimum absolute atomic E-state index is 0.914. The Kier molecular flexibility index (Phi) is 3.39. The molecule has 5 aromatic heterocycles. The third-order valence-electron chi connectivity index (χ3n) is 7.33. The Morgan fingerprint density at radius 1 is 0.667 bits per heavy atom. The van der Waals surface area contributed by atoms with E-state index in [1.54, 1.807) is 0 Å². The van der Waals surface area contributed by atoms with Crippen molar-refractivity contribution in [1.29, 1.82) is 0 Å². The van der Waals surface area contributed by atoms with Crippen molar-refractivity contribution in [2.75, 3.05) is 0 Å². The number of furan rings is 1. The molecule has 4 aromatic carbocycles. The molecule has 9 aromatic rings. The number of aromatic nitrogens is 3. The zero-order valence-corrected chi connectivity index (χ0v) is 19.8. The predicted octanol–water partition coefficient (Wildman–Crippen LogP) is 8.70. The molecule has 5 heterocycles. The lowest BCUT2D eigenvalue weighted by Crippen LogP contribution is -1.94. The molecule has 36 heavy (non-hydrogen) atoms. The Balaban J connectivity index is 1.46. The molecule has 0 bridgehead atoms. The summed E-state index contributed by atoms with van der Waals surface area (Å²) in [7, 11) is 0. The number of thiophene rings is 1. The van der Waals surface area contributed by atoms with Crippen LogP contribution in [0.15, 0.2) is 108 Å². The molecule has 168 valence electrons. The van der Waals surface area contributed by atoms with Crippen LogP contribution in [0.1, 0.15) is 0 Å². The highest BCUT2D eigenvalue weighted by molar-refractivity contribution is 7.25. The van der Waals surface area contributed by atoms with Crippen LogP contribution in [0.2, 0.25) is 0 Å². The Bertz CT molecular complexity index is 2280. The molecule has 0 N–H and O–H groups in total. The van der Waals surface area contributed by atoms with Gasteiger partial charge in [-0.2, -0.15) is 0 Å². The van der Waals surface area contributed by atoms with Crippen molar-refractivity contribution < 1.29 is 4.42 Å². The van der Waals surface area contributed by atoms with Gasteiger partial charge in [-0.25, -0.2) is 4.52 Å². The summed E-state index contributed by atoms with van der Waals surface area (Å²) in [5.41, 5.74) is 4.06. The number of rotatable bonds is 1. The van der Waals surface area contributed by atoms with Gasteiger partial charge in [0.25, 0.3) is 0 Å². The number of hydrogen-bond acceptors (Lipinski definition) is 3. The van der Waals surface area contributed by atoms with Gasteiger partial charge >= 0.3 is 0 Å². The predicted molar refractivity (Wildman–Crippen MR) is 150 cm³/mol. The monoisotopic (exact) mass is 479 g/mol. The highest BCUT2D eigenvalue weighted by atomic mass is 32.1. The summed E-state index contributed by atoms with van der Waals surface area (Å²) in [4.78, 5) is 1.20. The summed E-state index contributed by atoms with van der Waals surface area (Å²) < 4.78 is 11.9. The van der Waals surface area contributed by atoms with Gasteiger partial charge in [-0.15, -0.1) is 16.4 Å². The molecular formula is C31H17N3OS. The van der Waals surface area contributed by atoms with Gasteiger partial charge < -0.3 is 4.42 Å². The van der Waals surface area contributed by atoms with Crippen molar-refractivity contribution in [2.45, 2.75) is 0 Å². The SMILES string of the molecule is c1ccc2cn3nc(-n4c5cc6c(cc5c5c7ccccc7sc54)oc4ccccc46)cc3cc2c1. The van der Waals surface area contributed by atoms with Crippen molar-refractivity contribution in [3.05, 3.63) is 103 Å². The van der Waals surface area contributed by atoms with Crippen LogP contribution in [0.4, 0.5) is 0 Å². The van der Waals surface area contributed by atoms with E-state index in [1.165, 1.54) is 36.5 Å². The second-order valence-electron chi connectivity index (χ2n) is 9.35. The third-order valence-corrected chi connectivity index (χ3v) is 8.48. The van der Waals surface area contributed by atoms with E-state index in [2.05, 4.69) is 95.7 Å². The standard InChI is InChI=1S/C31H17N3OS/c1-2-8-19-17-33-20(13-18(19)7-1)14-29(32-33)34-25-15-23-21-9-3-5-11-26(21)35-27(23)16-24(25)30-22-10-4-6-12-28(22)36-31(30)34/h1-17H. The first-order valence-electron chi connectivity index (χ1n) is 12.0. The molecule has 4 nitrogen and oxygen atoms in total. The molecular weight excluding hydrogens is 462 g/mol. The minimum Gasteiger partial charge on any atom is -0.456 e. The van der Waals surface area contributed by atoms with E-state index in [4.69, 9.17) is 9.52 Å². The smallest absolute Gasteiger partial charge is 0.161 e. The van der Waals surface area contributed by atoms with E-state index in [9.17, 15) is 0 Å². The van der Waals surface area contributed by atoms with Crippen LogP contribution in [0.25, 0.3) is 75.3 Å². The van der Waals surface area contributed by atoms with Gasteiger partial charge in [-0.3, -0.25) is 4.57 Å². The summed E-state index contributed by atoms with van der Waals surface area (Å²) in [6.07, 6.45) is 2.11. The molecule has 9 rings (SSSR count). The minimum atomic E-state index is 0.914. The summed E-state index contributed by atoms with van der Waals surface area (Å²) >= 11 is 1.82. The summed E-state index contributed by atoms with van der Waals surface area (Å²) in [5, 5.41) is 13.4. The fraction of sp³-hybridized carbons (Fsp3) is 0. The van der Waals surface area contributed by atoms with Crippen molar-refractivity contribution in [1.82, 2.24) is 14.2 Å². The van der Waals surface area contributed by atoms with E-state index in [0.29, 0.717) is 0 Å². The quantitative estimate of drug-likeness (QED) is 0.236. The second kappa shape index (κ2) is 6.53. The summed E-state index contributed by atoms with van der Waals surface area (Å²) in [5.74, 6) is 0.920. The van der Waals surface area contributed by atoms with E-state index in [1.807, 2.05) is 28.0 Å². The lowest BCUT2D eigenvalue weighted by Gasteiger charge is -2.02. The number of fused-ring (bicyclic) bond motifs is 10. The van der Waals surface area contributed by atoms with Gasteiger partial charge in [0.2, 0.25) is 0 Å². The normalized spacial score (nSPS) is 12.4. The average Bonchev–Trinajstić information content (AvgIpc) is 3.65. The fourth-order valence-corrected chi connectivity index (χ4v) is 6.94. The average molecular weight is 480 g/mol. The molecule has 0 spiro atoms. The first-order chi connectivity index (χ1) is 17.8. The van der Waals surface area contributed by atoms with Gasteiger partial charge in [0.1, 0.15) is 16.0 Å². The second-order valence-corrected chi connectivity index (χ2v) is 10.4. The van der Waals surface area contributed by atoms with Crippen molar-refractivity contribution in [3.63, 3.8) is 0 Å². The molecule has 0 radical (unpaired) electrons. The first kappa shape index (κ1) is 18.7. The van der Waals surface area contributed by atoms with Gasteiger partial charge in [0.15, 0.2) is 5.82 Å². The van der Waals surface area contributed by atoms with E-state index >= 15 is 0 Å². The number of nitrogens with zero attached hydrogens (tertiary/aromatic N) is 3. The number of pyridine rings is 1. The van der Waals surface area contributed by atoms with E-state index in [0.717, 1.165) is 38.8 Å². The van der Waals surface area contributed by atoms with Gasteiger partial charge in [-0.1, -0.05) is 60.7 Å². The van der Waals surface area contributed by atoms with Gasteiger partial charge in [-0.05, 0) is 35.7 Å². The van der Waals surface area contributed by atoms with Crippen LogP contribution in [-0.2, 0) is 0 Å². The maximum Gasteiger partial charge on any atom is 0.161 e. The largest absolute Gasteiger partial charge is 0.456 e. The number of para-hydroxylation sites is 1. The van der Waals surface area contributed by atoms with Crippen LogP contribution in [0.5, 0.6) is 0 Å². The molecule has 0 unspecified atom stereocenters. The summed E-state index contributed by atoms with van der Waals surface area (Å²) in [6, 6.07) is 34.2. The molecule has 0 aliphatic heterocycles. The number of benzene rings is 4. The van der Waals surface area contributed by atoms with Crippen molar-refractivity contribution in [3.8, 4) is 5.82 Å². The summed E-state index contributed by atoms with van der Waals surface area (Å²) in [6.45, 7) is 0. The van der Waals surface area contributed by atoms with Gasteiger partial charge in [0, 0.05) is 49.3 Å². The fourth-order valence-electron chi connectivity index (χ4n) is 5.70. The molecule has 0 fully saturated rings. The highest BCUT2D eigenvalue weighted by Gasteiger charge is 2.21. The van der Waals surface area contributed by atoms with E-state index < -0.39 is 0 Å². The Morgan fingerprint density at radius 3 is 2.42 bits per heavy atom. The van der Waals surface area contributed by atoms with E-state index in [-0.39, 0.29) is 0 Å². The Labute approximate surface area is 208 Å². The zero-order valence-electron chi connectivity index (χ0n) is 19.0. The van der Waals surface area contributed by atoms with Crippen LogP contribution in [-0.4, -0.2) is 14.2 Å². The molecule has 0 aliphatic rings. The number of hydrogen-bond donors (Lipinski definition) is 0. The first-order valence-corrected chi connectivity index (χ1v) is 12.8. The van der Waals surface area contributed by atoms with Crippen LogP contribution >= 0.6 is 11.3 Å². The van der Waals surface area contributed by atoms with Crippen LogP contribution < -0.4 is 0 Å². The van der Waals surface area contributed by atoms with Gasteiger partial charge in [0.05, 0.1) is 11.0 Å². The molecule has 0 saturated heterocycles. The van der Waals surface area contributed by atoms with Crippen molar-refractivity contribution in [2.24, 2.45) is 0 Å². The molecule has 0 saturated carbocycles. The van der Waals surface area contributed by atoms with Crippen LogP contribution in [0.3, 0.4) is 0 Å². The lowest BCUT2D eigenvalue weighted by molar-refractivity contribution is 0.669. The Morgan fingerprint density at radius 2 is 1.47 bits per heavy atom. The molecule has 0 aliphatic carbocycles. The zero-order chi connectivity index (χ0) is 23.4.